The Hall–Kier alpha value is -1.53. The predicted molar refractivity (Wildman–Crippen MR) is 97.3 cm³/mol. The quantitative estimate of drug-likeness (QED) is 0.815. The minimum absolute atomic E-state index is 0.0982. The summed E-state index contributed by atoms with van der Waals surface area (Å²) in [5.74, 6) is 1.08. The van der Waals surface area contributed by atoms with Crippen LogP contribution in [-0.2, 0) is 4.79 Å². The monoisotopic (exact) mass is 347 g/mol. The van der Waals surface area contributed by atoms with E-state index in [-0.39, 0.29) is 5.91 Å². The molecule has 23 heavy (non-hydrogen) atoms. The molecule has 1 N–H and O–H groups in total. The van der Waals surface area contributed by atoms with Crippen LogP contribution in [0.25, 0.3) is 0 Å². The van der Waals surface area contributed by atoms with Crippen LogP contribution in [0.1, 0.15) is 12.1 Å². The molecule has 1 aromatic heterocycles. The maximum absolute atomic E-state index is 12.0. The second-order valence-corrected chi connectivity index (χ2v) is 7.86. The van der Waals surface area contributed by atoms with Crippen molar-refractivity contribution < 1.29 is 4.79 Å². The summed E-state index contributed by atoms with van der Waals surface area (Å²) in [6, 6.07) is 10.5. The highest BCUT2D eigenvalue weighted by atomic mass is 32.2. The van der Waals surface area contributed by atoms with Crippen molar-refractivity contribution in [1.82, 2.24) is 10.3 Å². The van der Waals surface area contributed by atoms with Crippen LogP contribution >= 0.6 is 23.1 Å². The molecule has 4 nitrogen and oxygen atoms in total. The van der Waals surface area contributed by atoms with Gasteiger partial charge in [0.1, 0.15) is 0 Å². The average Bonchev–Trinajstić information content (AvgIpc) is 3.21. The lowest BCUT2D eigenvalue weighted by Crippen LogP contribution is -2.32. The molecule has 122 valence electrons. The van der Waals surface area contributed by atoms with Gasteiger partial charge in [-0.1, -0.05) is 30.0 Å². The van der Waals surface area contributed by atoms with Crippen molar-refractivity contribution in [3.8, 4) is 0 Å². The molecule has 6 heteroatoms. The van der Waals surface area contributed by atoms with Crippen LogP contribution in [0.3, 0.4) is 0 Å². The first-order valence-corrected chi connectivity index (χ1v) is 9.69. The molecule has 1 aliphatic heterocycles. The number of nitrogens with one attached hydrogen (secondary N) is 1. The molecule has 0 bridgehead atoms. The van der Waals surface area contributed by atoms with Crippen molar-refractivity contribution in [2.24, 2.45) is 5.92 Å². The summed E-state index contributed by atoms with van der Waals surface area (Å²) in [4.78, 5) is 18.7. The molecule has 2 heterocycles. The Morgan fingerprint density at radius 1 is 1.43 bits per heavy atom. The summed E-state index contributed by atoms with van der Waals surface area (Å²) in [6.45, 7) is 4.82. The van der Waals surface area contributed by atoms with Crippen molar-refractivity contribution in [3.05, 3.63) is 41.4 Å². The first-order valence-electron chi connectivity index (χ1n) is 7.82. The Morgan fingerprint density at radius 3 is 3.00 bits per heavy atom. The van der Waals surface area contributed by atoms with Crippen LogP contribution in [0.15, 0.2) is 40.1 Å². The van der Waals surface area contributed by atoms with Gasteiger partial charge in [-0.25, -0.2) is 4.98 Å². The number of nitrogens with zero attached hydrogens (tertiary/aromatic N) is 2. The van der Waals surface area contributed by atoms with Gasteiger partial charge in [0.25, 0.3) is 0 Å². The van der Waals surface area contributed by atoms with Gasteiger partial charge in [-0.3, -0.25) is 4.79 Å². The number of benzene rings is 1. The van der Waals surface area contributed by atoms with Gasteiger partial charge in [0.2, 0.25) is 5.91 Å². The maximum atomic E-state index is 12.0. The SMILES string of the molecule is Cc1csc(SCC(=O)NC[C@@H]2CCN(c3ccccc3)C2)n1. The molecule has 1 aromatic carbocycles. The van der Waals surface area contributed by atoms with Crippen LogP contribution < -0.4 is 10.2 Å². The van der Waals surface area contributed by atoms with Crippen LogP contribution in [0.5, 0.6) is 0 Å². The zero-order chi connectivity index (χ0) is 16.1. The zero-order valence-electron chi connectivity index (χ0n) is 13.2. The van der Waals surface area contributed by atoms with E-state index in [1.54, 1.807) is 11.3 Å². The molecule has 1 amide bonds. The first-order chi connectivity index (χ1) is 11.2. The van der Waals surface area contributed by atoms with Crippen LogP contribution in [-0.4, -0.2) is 36.3 Å². The molecule has 3 rings (SSSR count). The fourth-order valence-corrected chi connectivity index (χ4v) is 4.39. The lowest BCUT2D eigenvalue weighted by molar-refractivity contribution is -0.118. The molecular formula is C17H21N3OS2. The smallest absolute Gasteiger partial charge is 0.230 e. The Morgan fingerprint density at radius 2 is 2.26 bits per heavy atom. The topological polar surface area (TPSA) is 45.2 Å². The van der Waals surface area contributed by atoms with Crippen molar-refractivity contribution in [3.63, 3.8) is 0 Å². The normalized spacial score (nSPS) is 17.4. The number of thioether (sulfide) groups is 1. The molecule has 0 saturated carbocycles. The highest BCUT2D eigenvalue weighted by molar-refractivity contribution is 8.01. The van der Waals surface area contributed by atoms with E-state index in [2.05, 4.69) is 39.5 Å². The largest absolute Gasteiger partial charge is 0.371 e. The molecular weight excluding hydrogens is 326 g/mol. The third-order valence-electron chi connectivity index (χ3n) is 3.92. The number of rotatable bonds is 6. The van der Waals surface area contributed by atoms with Gasteiger partial charge in [-0.05, 0) is 31.4 Å². The standard InChI is InChI=1S/C17H21N3OS2/c1-13-11-22-17(19-13)23-12-16(21)18-9-14-7-8-20(10-14)15-5-3-2-4-6-15/h2-6,11,14H,7-10,12H2,1H3,(H,18,21)/t14-/m0/s1. The van der Waals surface area contributed by atoms with Gasteiger partial charge < -0.3 is 10.2 Å². The highest BCUT2D eigenvalue weighted by Crippen LogP contribution is 2.24. The van der Waals surface area contributed by atoms with Gasteiger partial charge in [-0.2, -0.15) is 0 Å². The van der Waals surface area contributed by atoms with E-state index in [0.717, 1.165) is 36.1 Å². The summed E-state index contributed by atoms with van der Waals surface area (Å²) in [6.07, 6.45) is 1.13. The van der Waals surface area contributed by atoms with Gasteiger partial charge in [0.15, 0.2) is 4.34 Å². The molecule has 0 radical (unpaired) electrons. The Bertz CT molecular complexity index is 644. The van der Waals surface area contributed by atoms with E-state index in [0.29, 0.717) is 11.7 Å². The van der Waals surface area contributed by atoms with Crippen molar-refractivity contribution >= 4 is 34.7 Å². The number of amides is 1. The maximum Gasteiger partial charge on any atom is 0.230 e. The summed E-state index contributed by atoms with van der Waals surface area (Å²) in [5.41, 5.74) is 2.29. The Balaban J connectivity index is 1.38. The third kappa shape index (κ3) is 4.72. The summed E-state index contributed by atoms with van der Waals surface area (Å²) in [7, 11) is 0. The third-order valence-corrected chi connectivity index (χ3v) is 6.06. The number of carbonyl (C=O) groups is 1. The van der Waals surface area contributed by atoms with E-state index in [4.69, 9.17) is 0 Å². The van der Waals surface area contributed by atoms with E-state index in [1.807, 2.05) is 18.4 Å². The van der Waals surface area contributed by atoms with E-state index in [9.17, 15) is 4.79 Å². The van der Waals surface area contributed by atoms with Gasteiger partial charge in [0, 0.05) is 36.4 Å². The Kier molecular flexibility index (Phi) is 5.56. The zero-order valence-corrected chi connectivity index (χ0v) is 14.8. The molecule has 1 aliphatic rings. The number of aromatic nitrogens is 1. The summed E-state index contributed by atoms with van der Waals surface area (Å²) < 4.78 is 0.966. The van der Waals surface area contributed by atoms with E-state index in [1.165, 1.54) is 17.4 Å². The number of carbonyl (C=O) groups excluding carboxylic acids is 1. The number of anilines is 1. The fraction of sp³-hybridized carbons (Fsp3) is 0.412. The van der Waals surface area contributed by atoms with Gasteiger partial charge >= 0.3 is 0 Å². The predicted octanol–water partition coefficient (Wildman–Crippen LogP) is 3.19. The molecule has 1 atom stereocenters. The fourth-order valence-electron chi connectivity index (χ4n) is 2.71. The van der Waals surface area contributed by atoms with E-state index < -0.39 is 0 Å². The first kappa shape index (κ1) is 16.3. The Labute approximate surface area is 145 Å². The average molecular weight is 348 g/mol. The summed E-state index contributed by atoms with van der Waals surface area (Å²) >= 11 is 3.11. The molecule has 0 spiro atoms. The molecule has 1 fully saturated rings. The molecule has 1 saturated heterocycles. The van der Waals surface area contributed by atoms with Crippen LogP contribution in [0.4, 0.5) is 5.69 Å². The van der Waals surface area contributed by atoms with Crippen LogP contribution in [0, 0.1) is 12.8 Å². The van der Waals surface area contributed by atoms with Crippen LogP contribution in [0.2, 0.25) is 0 Å². The second-order valence-electron chi connectivity index (χ2n) is 5.78. The molecule has 0 unspecified atom stereocenters. The second kappa shape index (κ2) is 7.84. The van der Waals surface area contributed by atoms with Gasteiger partial charge in [-0.15, -0.1) is 11.3 Å². The molecule has 2 aromatic rings. The van der Waals surface area contributed by atoms with Crippen molar-refractivity contribution in [2.75, 3.05) is 30.3 Å². The number of hydrogen-bond donors (Lipinski definition) is 1. The number of para-hydroxylation sites is 1. The summed E-state index contributed by atoms with van der Waals surface area (Å²) in [5, 5.41) is 5.07. The molecule has 0 aliphatic carbocycles. The highest BCUT2D eigenvalue weighted by Gasteiger charge is 2.22. The lowest BCUT2D eigenvalue weighted by atomic mass is 10.1. The minimum atomic E-state index is 0.0982. The number of hydrogen-bond acceptors (Lipinski definition) is 5. The lowest BCUT2D eigenvalue weighted by Gasteiger charge is -2.18. The van der Waals surface area contributed by atoms with Crippen molar-refractivity contribution in [2.45, 2.75) is 17.7 Å². The van der Waals surface area contributed by atoms with Crippen molar-refractivity contribution in [1.29, 1.82) is 0 Å². The van der Waals surface area contributed by atoms with Gasteiger partial charge in [0.05, 0.1) is 5.75 Å². The van der Waals surface area contributed by atoms with E-state index >= 15 is 0 Å². The minimum Gasteiger partial charge on any atom is -0.371 e. The number of thiazole rings is 1. The number of aryl methyl sites for hydroxylation is 1.